The lowest BCUT2D eigenvalue weighted by Crippen LogP contribution is -2.41. The number of guanidine groups is 1. The van der Waals surface area contributed by atoms with Crippen molar-refractivity contribution in [1.29, 1.82) is 0 Å². The van der Waals surface area contributed by atoms with Crippen molar-refractivity contribution in [3.63, 3.8) is 0 Å². The Kier molecular flexibility index (Phi) is 5.90. The van der Waals surface area contributed by atoms with E-state index in [0.717, 1.165) is 32.1 Å². The fourth-order valence-electron chi connectivity index (χ4n) is 2.67. The minimum atomic E-state index is 0.409. The second-order valence-corrected chi connectivity index (χ2v) is 5.95. The van der Waals surface area contributed by atoms with Crippen molar-refractivity contribution in [3.05, 3.63) is 30.3 Å². The van der Waals surface area contributed by atoms with Gasteiger partial charge in [0, 0.05) is 37.9 Å². The van der Waals surface area contributed by atoms with Gasteiger partial charge in [0.1, 0.15) is 0 Å². The Morgan fingerprint density at radius 2 is 2.10 bits per heavy atom. The summed E-state index contributed by atoms with van der Waals surface area (Å²) in [5.41, 5.74) is 1.33. The average molecular weight is 288 g/mol. The molecule has 4 heteroatoms. The molecule has 0 aromatic heterocycles. The third-order valence-corrected chi connectivity index (χ3v) is 3.68. The molecule has 116 valence electrons. The van der Waals surface area contributed by atoms with Crippen molar-refractivity contribution in [3.8, 4) is 0 Å². The third kappa shape index (κ3) is 4.96. The van der Waals surface area contributed by atoms with E-state index in [4.69, 9.17) is 4.99 Å². The maximum absolute atomic E-state index is 4.73. The van der Waals surface area contributed by atoms with Crippen molar-refractivity contribution >= 4 is 11.6 Å². The Labute approximate surface area is 128 Å². The van der Waals surface area contributed by atoms with Crippen LogP contribution in [0.15, 0.2) is 35.3 Å². The highest BCUT2D eigenvalue weighted by molar-refractivity contribution is 5.80. The van der Waals surface area contributed by atoms with Crippen LogP contribution in [0.3, 0.4) is 0 Å². The van der Waals surface area contributed by atoms with Crippen molar-refractivity contribution in [2.75, 3.05) is 31.1 Å². The Balaban J connectivity index is 1.86. The normalized spacial score (nSPS) is 19.1. The predicted octanol–water partition coefficient (Wildman–Crippen LogP) is 2.48. The van der Waals surface area contributed by atoms with Crippen molar-refractivity contribution in [1.82, 2.24) is 10.6 Å². The van der Waals surface area contributed by atoms with Crippen molar-refractivity contribution < 1.29 is 0 Å². The van der Waals surface area contributed by atoms with Gasteiger partial charge < -0.3 is 15.5 Å². The first-order valence-corrected chi connectivity index (χ1v) is 8.04. The lowest BCUT2D eigenvalue weighted by molar-refractivity contribution is 0.595. The van der Waals surface area contributed by atoms with Crippen molar-refractivity contribution in [2.45, 2.75) is 33.2 Å². The zero-order valence-corrected chi connectivity index (χ0v) is 13.5. The largest absolute Gasteiger partial charge is 0.371 e. The van der Waals surface area contributed by atoms with E-state index in [1.54, 1.807) is 0 Å². The molecule has 0 radical (unpaired) electrons. The van der Waals surface area contributed by atoms with Gasteiger partial charge in [-0.1, -0.05) is 18.2 Å². The number of benzene rings is 1. The van der Waals surface area contributed by atoms with E-state index < -0.39 is 0 Å². The van der Waals surface area contributed by atoms with Gasteiger partial charge in [0.2, 0.25) is 0 Å². The number of anilines is 1. The fraction of sp³-hybridized carbons (Fsp3) is 0.588. The maximum Gasteiger partial charge on any atom is 0.191 e. The summed E-state index contributed by atoms with van der Waals surface area (Å²) in [7, 11) is 0. The Morgan fingerprint density at radius 3 is 2.76 bits per heavy atom. The fourth-order valence-corrected chi connectivity index (χ4v) is 2.67. The van der Waals surface area contributed by atoms with E-state index >= 15 is 0 Å². The molecule has 21 heavy (non-hydrogen) atoms. The molecule has 0 bridgehead atoms. The van der Waals surface area contributed by atoms with E-state index in [1.165, 1.54) is 12.1 Å². The predicted molar refractivity (Wildman–Crippen MR) is 91.0 cm³/mol. The number of nitrogens with one attached hydrogen (secondary N) is 2. The van der Waals surface area contributed by atoms with Crippen LogP contribution in [0.1, 0.15) is 27.2 Å². The van der Waals surface area contributed by atoms with Crippen LogP contribution >= 0.6 is 0 Å². The van der Waals surface area contributed by atoms with E-state index in [1.807, 2.05) is 0 Å². The molecule has 1 atom stereocenters. The molecule has 1 aliphatic rings. The van der Waals surface area contributed by atoms with Crippen LogP contribution in [0, 0.1) is 5.92 Å². The topological polar surface area (TPSA) is 39.7 Å². The van der Waals surface area contributed by atoms with Gasteiger partial charge in [-0.2, -0.15) is 0 Å². The first kappa shape index (κ1) is 15.7. The Hall–Kier alpha value is -1.71. The Morgan fingerprint density at radius 1 is 1.33 bits per heavy atom. The van der Waals surface area contributed by atoms with Crippen LogP contribution in [-0.2, 0) is 0 Å². The molecule has 0 spiro atoms. The highest BCUT2D eigenvalue weighted by Crippen LogP contribution is 2.23. The lowest BCUT2D eigenvalue weighted by atomic mass is 10.1. The van der Waals surface area contributed by atoms with Crippen LogP contribution in [0.2, 0.25) is 0 Å². The van der Waals surface area contributed by atoms with Gasteiger partial charge in [-0.05, 0) is 45.2 Å². The third-order valence-electron chi connectivity index (χ3n) is 3.68. The number of para-hydroxylation sites is 1. The molecular weight excluding hydrogens is 260 g/mol. The van der Waals surface area contributed by atoms with Gasteiger partial charge in [0.05, 0.1) is 0 Å². The standard InChI is InChI=1S/C17H28N4/c1-4-18-17(20-14(2)3)19-12-15-10-11-21(13-15)16-8-6-5-7-9-16/h5-9,14-15H,4,10-13H2,1-3H3,(H2,18,19,20). The highest BCUT2D eigenvalue weighted by Gasteiger charge is 2.22. The maximum atomic E-state index is 4.73. The van der Waals surface area contributed by atoms with Gasteiger partial charge in [-0.15, -0.1) is 0 Å². The second kappa shape index (κ2) is 7.91. The zero-order valence-electron chi connectivity index (χ0n) is 13.5. The average Bonchev–Trinajstić information content (AvgIpc) is 2.94. The van der Waals surface area contributed by atoms with Crippen LogP contribution < -0.4 is 15.5 Å². The SMILES string of the molecule is CCNC(=NCC1CCN(c2ccccc2)C1)NC(C)C. The highest BCUT2D eigenvalue weighted by atomic mass is 15.2. The van der Waals surface area contributed by atoms with Crippen LogP contribution in [0.25, 0.3) is 0 Å². The van der Waals surface area contributed by atoms with Gasteiger partial charge in [0.15, 0.2) is 5.96 Å². The van der Waals surface area contributed by atoms with Gasteiger partial charge in [0.25, 0.3) is 0 Å². The minimum absolute atomic E-state index is 0.409. The number of hydrogen-bond acceptors (Lipinski definition) is 2. The molecular formula is C17H28N4. The molecule has 2 rings (SSSR count). The molecule has 0 amide bonds. The molecule has 1 saturated heterocycles. The van der Waals surface area contributed by atoms with Gasteiger partial charge in [-0.3, -0.25) is 4.99 Å². The first-order chi connectivity index (χ1) is 10.2. The molecule has 1 aliphatic heterocycles. The molecule has 1 heterocycles. The number of aliphatic imine (C=N–C) groups is 1. The molecule has 1 unspecified atom stereocenters. The smallest absolute Gasteiger partial charge is 0.191 e. The summed E-state index contributed by atoms with van der Waals surface area (Å²) in [6, 6.07) is 11.1. The first-order valence-electron chi connectivity index (χ1n) is 8.04. The van der Waals surface area contributed by atoms with E-state index in [2.05, 4.69) is 66.6 Å². The Bertz CT molecular complexity index is 441. The number of rotatable bonds is 5. The van der Waals surface area contributed by atoms with Crippen LogP contribution in [-0.4, -0.2) is 38.2 Å². The number of hydrogen-bond donors (Lipinski definition) is 2. The summed E-state index contributed by atoms with van der Waals surface area (Å²) in [4.78, 5) is 7.19. The summed E-state index contributed by atoms with van der Waals surface area (Å²) in [5.74, 6) is 1.58. The lowest BCUT2D eigenvalue weighted by Gasteiger charge is -2.18. The summed E-state index contributed by atoms with van der Waals surface area (Å²) >= 11 is 0. The molecule has 0 aliphatic carbocycles. The van der Waals surface area contributed by atoms with Crippen LogP contribution in [0.4, 0.5) is 5.69 Å². The molecule has 0 saturated carbocycles. The summed E-state index contributed by atoms with van der Waals surface area (Å²) in [6.45, 7) is 10.4. The molecule has 4 nitrogen and oxygen atoms in total. The zero-order chi connectivity index (χ0) is 15.1. The summed E-state index contributed by atoms with van der Waals surface area (Å²) < 4.78 is 0. The molecule has 1 aromatic carbocycles. The van der Waals surface area contributed by atoms with E-state index in [0.29, 0.717) is 12.0 Å². The second-order valence-electron chi connectivity index (χ2n) is 5.95. The quantitative estimate of drug-likeness (QED) is 0.646. The van der Waals surface area contributed by atoms with Crippen LogP contribution in [0.5, 0.6) is 0 Å². The van der Waals surface area contributed by atoms with E-state index in [-0.39, 0.29) is 0 Å². The minimum Gasteiger partial charge on any atom is -0.371 e. The summed E-state index contributed by atoms with van der Waals surface area (Å²) in [5, 5.41) is 6.68. The van der Waals surface area contributed by atoms with Gasteiger partial charge >= 0.3 is 0 Å². The molecule has 2 N–H and O–H groups in total. The van der Waals surface area contributed by atoms with Crippen molar-refractivity contribution in [2.24, 2.45) is 10.9 Å². The summed E-state index contributed by atoms with van der Waals surface area (Å²) in [6.07, 6.45) is 1.22. The number of nitrogens with zero attached hydrogens (tertiary/aromatic N) is 2. The van der Waals surface area contributed by atoms with E-state index in [9.17, 15) is 0 Å². The molecule has 1 aromatic rings. The molecule has 1 fully saturated rings. The monoisotopic (exact) mass is 288 g/mol. The van der Waals surface area contributed by atoms with Gasteiger partial charge in [-0.25, -0.2) is 0 Å².